The molecule has 0 unspecified atom stereocenters. The Morgan fingerprint density at radius 2 is 1.94 bits per heavy atom. The van der Waals surface area contributed by atoms with E-state index in [0.717, 1.165) is 0 Å². The Labute approximate surface area is 188 Å². The number of sulfonamides is 1. The lowest BCUT2D eigenvalue weighted by Gasteiger charge is -2.13. The molecule has 0 bridgehead atoms. The highest BCUT2D eigenvalue weighted by molar-refractivity contribution is 7.92. The van der Waals surface area contributed by atoms with Gasteiger partial charge in [-0.3, -0.25) is 9.52 Å². The summed E-state index contributed by atoms with van der Waals surface area (Å²) in [5.74, 6) is -0.466. The number of aromatic amines is 1. The molecule has 0 saturated carbocycles. The summed E-state index contributed by atoms with van der Waals surface area (Å²) in [4.78, 5) is 24.5. The third-order valence-electron chi connectivity index (χ3n) is 4.73. The molecule has 0 aliphatic heterocycles. The number of aryl methyl sites for hydroxylation is 1. The van der Waals surface area contributed by atoms with Crippen molar-refractivity contribution in [2.75, 3.05) is 4.72 Å². The molecule has 3 aromatic heterocycles. The minimum atomic E-state index is -4.03. The minimum Gasteiger partial charge on any atom is -0.346 e. The summed E-state index contributed by atoms with van der Waals surface area (Å²) in [5, 5.41) is 1.26. The first-order valence-corrected chi connectivity index (χ1v) is 11.5. The van der Waals surface area contributed by atoms with Crippen LogP contribution in [0.2, 0.25) is 10.0 Å². The highest BCUT2D eigenvalue weighted by Gasteiger charge is 2.23. The molecule has 3 heterocycles. The van der Waals surface area contributed by atoms with Crippen molar-refractivity contribution < 1.29 is 13.2 Å². The summed E-state index contributed by atoms with van der Waals surface area (Å²) in [7, 11) is -4.03. The number of ketones is 1. The van der Waals surface area contributed by atoms with Crippen molar-refractivity contribution in [2.45, 2.75) is 18.2 Å². The number of halogens is 2. The van der Waals surface area contributed by atoms with Gasteiger partial charge in [0.2, 0.25) is 5.78 Å². The number of hydrogen-bond donors (Lipinski definition) is 2. The van der Waals surface area contributed by atoms with Crippen LogP contribution in [0.15, 0.2) is 59.9 Å². The monoisotopic (exact) mass is 474 g/mol. The first-order valence-electron chi connectivity index (χ1n) is 9.23. The quantitative estimate of drug-likeness (QED) is 0.388. The lowest BCUT2D eigenvalue weighted by atomic mass is 10.0. The topological polar surface area (TPSA) is 105 Å². The number of carbonyl (C=O) groups excluding carboxylic acids is 1. The Bertz CT molecular complexity index is 1420. The van der Waals surface area contributed by atoms with E-state index in [4.69, 9.17) is 23.2 Å². The van der Waals surface area contributed by atoms with Crippen molar-refractivity contribution in [1.29, 1.82) is 0 Å². The lowest BCUT2D eigenvalue weighted by Crippen LogP contribution is -2.17. The van der Waals surface area contributed by atoms with Gasteiger partial charge in [-0.1, -0.05) is 30.1 Å². The molecule has 31 heavy (non-hydrogen) atoms. The summed E-state index contributed by atoms with van der Waals surface area (Å²) in [5.41, 5.74) is 1.46. The number of nitrogens with zero attached hydrogens (tertiary/aromatic N) is 2. The van der Waals surface area contributed by atoms with Gasteiger partial charge in [0.05, 0.1) is 15.6 Å². The van der Waals surface area contributed by atoms with Gasteiger partial charge in [0.1, 0.15) is 11.3 Å². The molecule has 2 N–H and O–H groups in total. The molecular weight excluding hydrogens is 459 g/mol. The highest BCUT2D eigenvalue weighted by Crippen LogP contribution is 2.28. The number of aromatic nitrogens is 3. The zero-order valence-electron chi connectivity index (χ0n) is 16.2. The molecule has 1 aromatic carbocycles. The molecule has 0 spiro atoms. The molecular formula is C21H16Cl2N4O3S. The van der Waals surface area contributed by atoms with Crippen LogP contribution in [0.4, 0.5) is 5.69 Å². The summed E-state index contributed by atoms with van der Waals surface area (Å²) in [6, 6.07) is 9.04. The van der Waals surface area contributed by atoms with E-state index in [1.807, 2.05) is 6.92 Å². The largest absolute Gasteiger partial charge is 0.346 e. The fraction of sp³-hybridized carbons (Fsp3) is 0.0952. The molecule has 10 heteroatoms. The normalized spacial score (nSPS) is 11.6. The first kappa shape index (κ1) is 21.3. The molecule has 158 valence electrons. The van der Waals surface area contributed by atoms with E-state index in [2.05, 4.69) is 19.7 Å². The molecule has 0 atom stereocenters. The van der Waals surface area contributed by atoms with Gasteiger partial charge >= 0.3 is 0 Å². The summed E-state index contributed by atoms with van der Waals surface area (Å²) in [6.07, 6.45) is 5.02. The Morgan fingerprint density at radius 3 is 2.71 bits per heavy atom. The predicted molar refractivity (Wildman–Crippen MR) is 120 cm³/mol. The van der Waals surface area contributed by atoms with Crippen molar-refractivity contribution in [3.05, 3.63) is 81.9 Å². The van der Waals surface area contributed by atoms with Crippen LogP contribution in [0.1, 0.15) is 28.5 Å². The molecule has 4 rings (SSSR count). The average molecular weight is 475 g/mol. The predicted octanol–water partition coefficient (Wildman–Crippen LogP) is 4.86. The number of rotatable bonds is 6. The second kappa shape index (κ2) is 8.30. The second-order valence-electron chi connectivity index (χ2n) is 6.69. The molecule has 0 aliphatic carbocycles. The number of H-pyrrole nitrogens is 1. The smallest absolute Gasteiger partial charge is 0.261 e. The van der Waals surface area contributed by atoms with Crippen LogP contribution < -0.4 is 4.72 Å². The van der Waals surface area contributed by atoms with Gasteiger partial charge in [0.15, 0.2) is 0 Å². The van der Waals surface area contributed by atoms with Gasteiger partial charge in [-0.15, -0.1) is 0 Å². The summed E-state index contributed by atoms with van der Waals surface area (Å²) in [6.45, 7) is 1.87. The minimum absolute atomic E-state index is 0.0176. The molecule has 0 aliphatic rings. The number of pyridine rings is 2. The van der Waals surface area contributed by atoms with Crippen LogP contribution >= 0.6 is 23.2 Å². The maximum absolute atomic E-state index is 13.3. The lowest BCUT2D eigenvalue weighted by molar-refractivity contribution is 0.103. The molecule has 4 aromatic rings. The molecule has 0 radical (unpaired) electrons. The molecule has 0 amide bonds. The zero-order chi connectivity index (χ0) is 22.2. The van der Waals surface area contributed by atoms with E-state index in [9.17, 15) is 13.2 Å². The molecule has 7 nitrogen and oxygen atoms in total. The van der Waals surface area contributed by atoms with Crippen LogP contribution in [0.3, 0.4) is 0 Å². The van der Waals surface area contributed by atoms with Crippen LogP contribution in [0, 0.1) is 0 Å². The van der Waals surface area contributed by atoms with E-state index in [1.165, 1.54) is 36.7 Å². The standard InChI is InChI=1S/C21H16Cl2N4O3S/c1-2-12-9-14(3-4-17(12)23)31(29,30)27-18-10-13(22)11-26-19(18)20(28)15-5-7-24-21-16(15)6-8-25-21/h3-11,27H,2H2,1H3,(H,24,25). The van der Waals surface area contributed by atoms with Crippen molar-refractivity contribution in [2.24, 2.45) is 0 Å². The van der Waals surface area contributed by atoms with E-state index in [1.54, 1.807) is 18.3 Å². The van der Waals surface area contributed by atoms with Crippen LogP contribution in [-0.4, -0.2) is 29.2 Å². The van der Waals surface area contributed by atoms with Crippen molar-refractivity contribution in [3.63, 3.8) is 0 Å². The van der Waals surface area contributed by atoms with Gasteiger partial charge in [0, 0.05) is 34.6 Å². The second-order valence-corrected chi connectivity index (χ2v) is 9.22. The maximum atomic E-state index is 13.3. The zero-order valence-corrected chi connectivity index (χ0v) is 18.5. The van der Waals surface area contributed by atoms with E-state index < -0.39 is 15.8 Å². The summed E-state index contributed by atoms with van der Waals surface area (Å²) >= 11 is 12.2. The molecule has 0 fully saturated rings. The third kappa shape index (κ3) is 4.14. The van der Waals surface area contributed by atoms with Crippen molar-refractivity contribution in [3.8, 4) is 0 Å². The van der Waals surface area contributed by atoms with Gasteiger partial charge in [-0.25, -0.2) is 18.4 Å². The van der Waals surface area contributed by atoms with Gasteiger partial charge < -0.3 is 4.98 Å². The Balaban J connectivity index is 1.77. The van der Waals surface area contributed by atoms with Crippen molar-refractivity contribution >= 4 is 55.7 Å². The number of carbonyl (C=O) groups is 1. The summed E-state index contributed by atoms with van der Waals surface area (Å²) < 4.78 is 28.5. The van der Waals surface area contributed by atoms with E-state index >= 15 is 0 Å². The number of nitrogens with one attached hydrogen (secondary N) is 2. The van der Waals surface area contributed by atoms with Gasteiger partial charge in [-0.2, -0.15) is 0 Å². The van der Waals surface area contributed by atoms with E-state index in [-0.39, 0.29) is 21.3 Å². The van der Waals surface area contributed by atoms with Crippen LogP contribution in [0.5, 0.6) is 0 Å². The fourth-order valence-electron chi connectivity index (χ4n) is 3.18. The SMILES string of the molecule is CCc1cc(S(=O)(=O)Nc2cc(Cl)cnc2C(=O)c2ccnc3[nH]ccc23)ccc1Cl. The molecule has 0 saturated heterocycles. The fourth-order valence-corrected chi connectivity index (χ4v) is 4.69. The van der Waals surface area contributed by atoms with Crippen molar-refractivity contribution in [1.82, 2.24) is 15.0 Å². The highest BCUT2D eigenvalue weighted by atomic mass is 35.5. The number of benzene rings is 1. The Hall–Kier alpha value is -2.94. The Morgan fingerprint density at radius 1 is 1.13 bits per heavy atom. The van der Waals surface area contributed by atoms with Gasteiger partial charge in [0.25, 0.3) is 10.0 Å². The van der Waals surface area contributed by atoms with Crippen LogP contribution in [0.25, 0.3) is 11.0 Å². The first-order chi connectivity index (χ1) is 14.8. The number of hydrogen-bond acceptors (Lipinski definition) is 5. The average Bonchev–Trinajstić information content (AvgIpc) is 3.22. The number of anilines is 1. The Kier molecular flexibility index (Phi) is 5.70. The van der Waals surface area contributed by atoms with Gasteiger partial charge in [-0.05, 0) is 48.4 Å². The van der Waals surface area contributed by atoms with Crippen LogP contribution in [-0.2, 0) is 16.4 Å². The maximum Gasteiger partial charge on any atom is 0.261 e. The van der Waals surface area contributed by atoms with E-state index in [0.29, 0.717) is 33.6 Å². The third-order valence-corrected chi connectivity index (χ3v) is 6.67. The number of fused-ring (bicyclic) bond motifs is 1.